The third-order valence-electron chi connectivity index (χ3n) is 4.36. The molecule has 0 radical (unpaired) electrons. The number of aryl methyl sites for hydroxylation is 1. The zero-order chi connectivity index (χ0) is 16.7. The molecular formula is C18H31IN4O. The molecule has 1 aliphatic heterocycles. The van der Waals surface area contributed by atoms with Crippen LogP contribution >= 0.6 is 24.0 Å². The SMILES string of the molecule is CN=C(NCc1ccc(C)cc1)NCC(C)(C)N1CCOCC1.I. The van der Waals surface area contributed by atoms with Crippen LogP contribution in [-0.2, 0) is 11.3 Å². The van der Waals surface area contributed by atoms with Gasteiger partial charge in [-0.3, -0.25) is 9.89 Å². The van der Waals surface area contributed by atoms with E-state index < -0.39 is 0 Å². The summed E-state index contributed by atoms with van der Waals surface area (Å²) in [7, 11) is 1.81. The van der Waals surface area contributed by atoms with Crippen LogP contribution in [0.1, 0.15) is 25.0 Å². The molecule has 1 heterocycles. The number of halogens is 1. The van der Waals surface area contributed by atoms with Gasteiger partial charge in [-0.05, 0) is 26.3 Å². The van der Waals surface area contributed by atoms with Gasteiger partial charge in [0.15, 0.2) is 5.96 Å². The normalized spacial score (nSPS) is 16.4. The summed E-state index contributed by atoms with van der Waals surface area (Å²) in [4.78, 5) is 6.79. The summed E-state index contributed by atoms with van der Waals surface area (Å²) >= 11 is 0. The number of nitrogens with one attached hydrogen (secondary N) is 2. The summed E-state index contributed by atoms with van der Waals surface area (Å²) in [6.45, 7) is 11.9. The summed E-state index contributed by atoms with van der Waals surface area (Å²) in [6.07, 6.45) is 0. The average Bonchev–Trinajstić information content (AvgIpc) is 2.57. The van der Waals surface area contributed by atoms with E-state index in [0.717, 1.165) is 45.4 Å². The molecular weight excluding hydrogens is 415 g/mol. The van der Waals surface area contributed by atoms with E-state index in [-0.39, 0.29) is 29.5 Å². The first-order valence-corrected chi connectivity index (χ1v) is 8.34. The van der Waals surface area contributed by atoms with Crippen LogP contribution in [0.3, 0.4) is 0 Å². The second-order valence-corrected chi connectivity index (χ2v) is 6.68. The Kier molecular flexibility index (Phi) is 9.01. The molecule has 2 rings (SSSR count). The van der Waals surface area contributed by atoms with Gasteiger partial charge in [-0.25, -0.2) is 0 Å². The molecule has 1 aromatic rings. The number of rotatable bonds is 5. The fourth-order valence-corrected chi connectivity index (χ4v) is 2.69. The van der Waals surface area contributed by atoms with Crippen LogP contribution in [0.5, 0.6) is 0 Å². The molecule has 5 nitrogen and oxygen atoms in total. The van der Waals surface area contributed by atoms with Crippen molar-refractivity contribution in [2.45, 2.75) is 32.9 Å². The van der Waals surface area contributed by atoms with E-state index in [0.29, 0.717) is 0 Å². The van der Waals surface area contributed by atoms with Crippen LogP contribution in [0, 0.1) is 6.92 Å². The van der Waals surface area contributed by atoms with E-state index in [9.17, 15) is 0 Å². The van der Waals surface area contributed by atoms with Crippen LogP contribution in [0.2, 0.25) is 0 Å². The van der Waals surface area contributed by atoms with Crippen molar-refractivity contribution in [1.82, 2.24) is 15.5 Å². The van der Waals surface area contributed by atoms with Gasteiger partial charge >= 0.3 is 0 Å². The summed E-state index contributed by atoms with van der Waals surface area (Å²) in [5.41, 5.74) is 2.61. The lowest BCUT2D eigenvalue weighted by Crippen LogP contribution is -2.56. The number of hydrogen-bond donors (Lipinski definition) is 2. The molecule has 0 bridgehead atoms. The molecule has 0 unspecified atom stereocenters. The highest BCUT2D eigenvalue weighted by atomic mass is 127. The molecule has 0 amide bonds. The highest BCUT2D eigenvalue weighted by Crippen LogP contribution is 2.15. The molecule has 0 spiro atoms. The number of nitrogens with zero attached hydrogens (tertiary/aromatic N) is 2. The Morgan fingerprint density at radius 2 is 1.79 bits per heavy atom. The van der Waals surface area contributed by atoms with Crippen molar-refractivity contribution >= 4 is 29.9 Å². The smallest absolute Gasteiger partial charge is 0.191 e. The highest BCUT2D eigenvalue weighted by molar-refractivity contribution is 14.0. The number of aliphatic imine (C=N–C) groups is 1. The molecule has 0 aliphatic carbocycles. The Hall–Kier alpha value is -0.860. The van der Waals surface area contributed by atoms with Crippen LogP contribution in [0.15, 0.2) is 29.3 Å². The molecule has 2 N–H and O–H groups in total. The zero-order valence-electron chi connectivity index (χ0n) is 15.3. The maximum Gasteiger partial charge on any atom is 0.191 e. The highest BCUT2D eigenvalue weighted by Gasteiger charge is 2.28. The Bertz CT molecular complexity index is 510. The number of benzene rings is 1. The van der Waals surface area contributed by atoms with Crippen LogP contribution in [0.4, 0.5) is 0 Å². The molecule has 1 saturated heterocycles. The van der Waals surface area contributed by atoms with Crippen molar-refractivity contribution < 1.29 is 4.74 Å². The third kappa shape index (κ3) is 6.57. The summed E-state index contributed by atoms with van der Waals surface area (Å²) in [6, 6.07) is 8.56. The lowest BCUT2D eigenvalue weighted by atomic mass is 10.0. The topological polar surface area (TPSA) is 48.9 Å². The molecule has 0 atom stereocenters. The van der Waals surface area contributed by atoms with Crippen molar-refractivity contribution in [2.75, 3.05) is 39.9 Å². The van der Waals surface area contributed by atoms with Crippen LogP contribution in [0.25, 0.3) is 0 Å². The minimum atomic E-state index is 0. The number of morpholine rings is 1. The lowest BCUT2D eigenvalue weighted by Gasteiger charge is -2.41. The first-order chi connectivity index (χ1) is 11.0. The Morgan fingerprint density at radius 1 is 1.17 bits per heavy atom. The van der Waals surface area contributed by atoms with Gasteiger partial charge in [0.05, 0.1) is 13.2 Å². The van der Waals surface area contributed by atoms with E-state index in [1.54, 1.807) is 0 Å². The lowest BCUT2D eigenvalue weighted by molar-refractivity contribution is -0.00834. The molecule has 6 heteroatoms. The van der Waals surface area contributed by atoms with Gasteiger partial charge in [-0.2, -0.15) is 0 Å². The largest absolute Gasteiger partial charge is 0.379 e. The quantitative estimate of drug-likeness (QED) is 0.415. The van der Waals surface area contributed by atoms with Crippen molar-refractivity contribution in [2.24, 2.45) is 4.99 Å². The predicted octanol–water partition coefficient (Wildman–Crippen LogP) is 2.39. The van der Waals surface area contributed by atoms with Gasteiger partial charge in [-0.1, -0.05) is 29.8 Å². The van der Waals surface area contributed by atoms with Gasteiger partial charge in [0.1, 0.15) is 0 Å². The van der Waals surface area contributed by atoms with Gasteiger partial charge in [-0.15, -0.1) is 24.0 Å². The van der Waals surface area contributed by atoms with Gasteiger partial charge in [0.25, 0.3) is 0 Å². The first kappa shape index (κ1) is 21.2. The zero-order valence-corrected chi connectivity index (χ0v) is 17.6. The second-order valence-electron chi connectivity index (χ2n) is 6.68. The number of hydrogen-bond acceptors (Lipinski definition) is 3. The monoisotopic (exact) mass is 446 g/mol. The molecule has 0 saturated carbocycles. The molecule has 1 aliphatic rings. The van der Waals surface area contributed by atoms with E-state index in [4.69, 9.17) is 4.74 Å². The summed E-state index contributed by atoms with van der Waals surface area (Å²) in [5.74, 6) is 0.840. The number of guanidine groups is 1. The minimum absolute atomic E-state index is 0. The number of ether oxygens (including phenoxy) is 1. The summed E-state index contributed by atoms with van der Waals surface area (Å²) in [5, 5.41) is 6.82. The average molecular weight is 446 g/mol. The first-order valence-electron chi connectivity index (χ1n) is 8.34. The van der Waals surface area contributed by atoms with E-state index >= 15 is 0 Å². The summed E-state index contributed by atoms with van der Waals surface area (Å²) < 4.78 is 5.44. The van der Waals surface area contributed by atoms with Gasteiger partial charge in [0, 0.05) is 38.8 Å². The molecule has 0 aromatic heterocycles. The van der Waals surface area contributed by atoms with E-state index in [1.807, 2.05) is 7.05 Å². The van der Waals surface area contributed by atoms with Gasteiger partial charge < -0.3 is 15.4 Å². The molecule has 1 fully saturated rings. The maximum absolute atomic E-state index is 5.44. The Labute approximate surface area is 163 Å². The predicted molar refractivity (Wildman–Crippen MR) is 111 cm³/mol. The standard InChI is InChI=1S/C18H30N4O.HI/c1-15-5-7-16(8-6-15)13-20-17(19-4)21-14-18(2,3)22-9-11-23-12-10-22;/h5-8H,9-14H2,1-4H3,(H2,19,20,21);1H. The van der Waals surface area contributed by atoms with E-state index in [1.165, 1.54) is 11.1 Å². The third-order valence-corrected chi connectivity index (χ3v) is 4.36. The van der Waals surface area contributed by atoms with Crippen molar-refractivity contribution in [3.05, 3.63) is 35.4 Å². The van der Waals surface area contributed by atoms with Crippen LogP contribution in [-0.4, -0.2) is 56.3 Å². The fourth-order valence-electron chi connectivity index (χ4n) is 2.69. The maximum atomic E-state index is 5.44. The Morgan fingerprint density at radius 3 is 2.38 bits per heavy atom. The van der Waals surface area contributed by atoms with Crippen molar-refractivity contribution in [3.8, 4) is 0 Å². The second kappa shape index (κ2) is 10.2. The van der Waals surface area contributed by atoms with Crippen molar-refractivity contribution in [1.29, 1.82) is 0 Å². The molecule has 1 aromatic carbocycles. The Balaban J connectivity index is 0.00000288. The van der Waals surface area contributed by atoms with Gasteiger partial charge in [0.2, 0.25) is 0 Å². The minimum Gasteiger partial charge on any atom is -0.379 e. The molecule has 24 heavy (non-hydrogen) atoms. The molecule has 136 valence electrons. The van der Waals surface area contributed by atoms with Crippen LogP contribution < -0.4 is 10.6 Å². The fraction of sp³-hybridized carbons (Fsp3) is 0.611. The van der Waals surface area contributed by atoms with E-state index in [2.05, 4.69) is 65.6 Å². The van der Waals surface area contributed by atoms with Crippen molar-refractivity contribution in [3.63, 3.8) is 0 Å².